The van der Waals surface area contributed by atoms with Gasteiger partial charge in [-0.15, -0.1) is 5.10 Å². The van der Waals surface area contributed by atoms with Crippen LogP contribution in [-0.4, -0.2) is 15.0 Å². The largest absolute Gasteiger partial charge is 0.220 e. The van der Waals surface area contributed by atoms with Crippen LogP contribution < -0.4 is 4.57 Å². The number of pyridine rings is 1. The van der Waals surface area contributed by atoms with Gasteiger partial charge in [-0.05, 0) is 69.0 Å². The second-order valence-electron chi connectivity index (χ2n) is 10.4. The molecule has 0 radical (unpaired) electrons. The quantitative estimate of drug-likeness (QED) is 0.297. The van der Waals surface area contributed by atoms with Crippen molar-refractivity contribution in [3.8, 4) is 28.2 Å². The molecule has 4 aromatic rings. The van der Waals surface area contributed by atoms with Crippen LogP contribution in [0.3, 0.4) is 0 Å². The summed E-state index contributed by atoms with van der Waals surface area (Å²) in [6.07, 6.45) is 7.62. The lowest BCUT2D eigenvalue weighted by molar-refractivity contribution is -0.769. The first-order valence-electron chi connectivity index (χ1n) is 13.0. The van der Waals surface area contributed by atoms with Gasteiger partial charge in [-0.1, -0.05) is 49.7 Å². The van der Waals surface area contributed by atoms with Crippen molar-refractivity contribution in [1.29, 1.82) is 0 Å². The Balaban J connectivity index is 1.67. The van der Waals surface area contributed by atoms with Gasteiger partial charge in [-0.25, -0.2) is 4.68 Å². The molecule has 2 aromatic carbocycles. The molecule has 0 saturated heterocycles. The minimum atomic E-state index is 0.0348. The summed E-state index contributed by atoms with van der Waals surface area (Å²) in [6, 6.07) is 17.9. The third-order valence-electron chi connectivity index (χ3n) is 8.79. The standard InChI is InChI=1S/C31H37N4/c1-8-30(7)26-15-14-24(19-25(26)28-13-11-12-16-34(28)31(30,9-2)10-3)35-20-27(32-33-35)29-22(5)17-21(4)18-23(29)6/h11-20H,8-10H2,1-7H3/q+1. The molecule has 35 heavy (non-hydrogen) atoms. The Morgan fingerprint density at radius 1 is 0.886 bits per heavy atom. The van der Waals surface area contributed by atoms with Crippen molar-refractivity contribution in [2.75, 3.05) is 0 Å². The van der Waals surface area contributed by atoms with Crippen LogP contribution in [-0.2, 0) is 11.0 Å². The molecule has 1 aliphatic heterocycles. The molecular weight excluding hydrogens is 428 g/mol. The summed E-state index contributed by atoms with van der Waals surface area (Å²) >= 11 is 0. The zero-order valence-electron chi connectivity index (χ0n) is 22.2. The lowest BCUT2D eigenvalue weighted by Crippen LogP contribution is -2.68. The summed E-state index contributed by atoms with van der Waals surface area (Å²) in [5.41, 5.74) is 11.0. The third-order valence-corrected chi connectivity index (χ3v) is 8.79. The van der Waals surface area contributed by atoms with E-state index in [0.29, 0.717) is 0 Å². The number of rotatable bonds is 5. The normalized spacial score (nSPS) is 18.3. The van der Waals surface area contributed by atoms with Crippen molar-refractivity contribution in [2.24, 2.45) is 0 Å². The fraction of sp³-hybridized carbons (Fsp3) is 0.387. The van der Waals surface area contributed by atoms with Crippen molar-refractivity contribution >= 4 is 0 Å². The van der Waals surface area contributed by atoms with Gasteiger partial charge < -0.3 is 0 Å². The molecule has 3 heterocycles. The molecule has 0 spiro atoms. The Morgan fingerprint density at radius 3 is 2.26 bits per heavy atom. The molecule has 0 fully saturated rings. The van der Waals surface area contributed by atoms with Gasteiger partial charge in [0.2, 0.25) is 5.69 Å². The van der Waals surface area contributed by atoms with Crippen molar-refractivity contribution in [3.05, 3.63) is 83.2 Å². The van der Waals surface area contributed by atoms with E-state index in [1.54, 1.807) is 0 Å². The fourth-order valence-electron chi connectivity index (χ4n) is 6.90. The lowest BCUT2D eigenvalue weighted by Gasteiger charge is -2.47. The van der Waals surface area contributed by atoms with Gasteiger partial charge in [-0.3, -0.25) is 0 Å². The highest BCUT2D eigenvalue weighted by molar-refractivity contribution is 5.70. The second kappa shape index (κ2) is 8.44. The van der Waals surface area contributed by atoms with Crippen LogP contribution in [0.2, 0.25) is 0 Å². The van der Waals surface area contributed by atoms with Crippen LogP contribution in [0.15, 0.2) is 60.9 Å². The predicted molar refractivity (Wildman–Crippen MR) is 143 cm³/mol. The van der Waals surface area contributed by atoms with E-state index in [1.807, 2.05) is 4.68 Å². The minimum absolute atomic E-state index is 0.0348. The Bertz CT molecular complexity index is 1390. The van der Waals surface area contributed by atoms with E-state index in [9.17, 15) is 0 Å². The molecule has 2 aromatic heterocycles. The molecule has 0 N–H and O–H groups in total. The van der Waals surface area contributed by atoms with Crippen LogP contribution in [0.4, 0.5) is 0 Å². The Morgan fingerprint density at radius 2 is 1.60 bits per heavy atom. The highest BCUT2D eigenvalue weighted by Gasteiger charge is 2.58. The van der Waals surface area contributed by atoms with Gasteiger partial charge in [-0.2, -0.15) is 4.57 Å². The van der Waals surface area contributed by atoms with Gasteiger partial charge in [0.05, 0.1) is 22.9 Å². The molecule has 0 amide bonds. The average molecular weight is 466 g/mol. The van der Waals surface area contributed by atoms with E-state index in [4.69, 9.17) is 0 Å². The van der Waals surface area contributed by atoms with Crippen molar-refractivity contribution < 1.29 is 4.57 Å². The molecule has 4 nitrogen and oxygen atoms in total. The second-order valence-corrected chi connectivity index (χ2v) is 10.4. The summed E-state index contributed by atoms with van der Waals surface area (Å²) < 4.78 is 4.47. The number of nitrogens with zero attached hydrogens (tertiary/aromatic N) is 4. The van der Waals surface area contributed by atoms with E-state index in [0.717, 1.165) is 30.6 Å². The van der Waals surface area contributed by atoms with E-state index in [1.165, 1.54) is 39.1 Å². The van der Waals surface area contributed by atoms with Gasteiger partial charge in [0.25, 0.3) is 0 Å². The van der Waals surface area contributed by atoms with Gasteiger partial charge in [0.1, 0.15) is 5.69 Å². The first-order chi connectivity index (χ1) is 16.8. The zero-order valence-corrected chi connectivity index (χ0v) is 22.2. The maximum absolute atomic E-state index is 4.57. The molecule has 1 atom stereocenters. The molecule has 1 unspecified atom stereocenters. The number of aryl methyl sites for hydroxylation is 3. The SMILES string of the molecule is CCC1(C)c2ccc(-n3cc(-c4c(C)cc(C)cc4C)nn3)cc2-c2cccc[n+]2C1(CC)CC. The van der Waals surface area contributed by atoms with Gasteiger partial charge in [0.15, 0.2) is 11.7 Å². The zero-order chi connectivity index (χ0) is 25.0. The smallest absolute Gasteiger partial charge is 0.213 e. The first kappa shape index (κ1) is 23.5. The summed E-state index contributed by atoms with van der Waals surface area (Å²) in [5, 5.41) is 9.12. The number of benzene rings is 2. The van der Waals surface area contributed by atoms with Crippen LogP contribution in [0.25, 0.3) is 28.2 Å². The van der Waals surface area contributed by atoms with Crippen LogP contribution in [0.5, 0.6) is 0 Å². The topological polar surface area (TPSA) is 34.6 Å². The monoisotopic (exact) mass is 465 g/mol. The van der Waals surface area contributed by atoms with Crippen molar-refractivity contribution in [1.82, 2.24) is 15.0 Å². The Labute approximate surface area is 209 Å². The number of hydrogen-bond donors (Lipinski definition) is 0. The predicted octanol–water partition coefficient (Wildman–Crippen LogP) is 7.01. The van der Waals surface area contributed by atoms with E-state index >= 15 is 0 Å². The molecule has 0 bridgehead atoms. The Kier molecular flexibility index (Phi) is 5.66. The van der Waals surface area contributed by atoms with Gasteiger partial charge >= 0.3 is 0 Å². The molecule has 4 heteroatoms. The highest BCUT2D eigenvalue weighted by Crippen LogP contribution is 2.51. The average Bonchev–Trinajstić information content (AvgIpc) is 3.33. The van der Waals surface area contributed by atoms with Crippen LogP contribution >= 0.6 is 0 Å². The van der Waals surface area contributed by atoms with Crippen molar-refractivity contribution in [2.45, 2.75) is 78.7 Å². The molecule has 0 saturated carbocycles. The molecule has 0 aliphatic carbocycles. The van der Waals surface area contributed by atoms with Gasteiger partial charge in [0, 0.05) is 30.5 Å². The first-order valence-corrected chi connectivity index (χ1v) is 13.0. The highest BCUT2D eigenvalue weighted by atomic mass is 15.4. The van der Waals surface area contributed by atoms with Crippen LogP contribution in [0, 0.1) is 20.8 Å². The summed E-state index contributed by atoms with van der Waals surface area (Å²) in [7, 11) is 0. The molecule has 1 aliphatic rings. The summed E-state index contributed by atoms with van der Waals surface area (Å²) in [6.45, 7) is 15.9. The van der Waals surface area contributed by atoms with E-state index in [2.05, 4.69) is 124 Å². The fourth-order valence-corrected chi connectivity index (χ4v) is 6.90. The van der Waals surface area contributed by atoms with E-state index in [-0.39, 0.29) is 11.0 Å². The summed E-state index contributed by atoms with van der Waals surface area (Å²) in [5.74, 6) is 0. The summed E-state index contributed by atoms with van der Waals surface area (Å²) in [4.78, 5) is 0. The van der Waals surface area contributed by atoms with E-state index < -0.39 is 0 Å². The van der Waals surface area contributed by atoms with Crippen molar-refractivity contribution in [3.63, 3.8) is 0 Å². The lowest BCUT2D eigenvalue weighted by atomic mass is 9.59. The minimum Gasteiger partial charge on any atom is -0.220 e. The maximum atomic E-state index is 4.57. The maximum Gasteiger partial charge on any atom is 0.213 e. The number of fused-ring (bicyclic) bond motifs is 3. The molecule has 180 valence electrons. The van der Waals surface area contributed by atoms with Crippen LogP contribution in [0.1, 0.15) is 69.2 Å². The number of aromatic nitrogens is 4. The Hall–Kier alpha value is -3.27. The number of hydrogen-bond acceptors (Lipinski definition) is 2. The molecular formula is C31H37N4+. The third kappa shape index (κ3) is 3.30. The molecule has 5 rings (SSSR count).